The number of rotatable bonds is 6. The van der Waals surface area contributed by atoms with Crippen LogP contribution in [0, 0.1) is 0 Å². The molecule has 0 saturated carbocycles. The molecular formula is C18H20N4O. The minimum absolute atomic E-state index is 0.383. The van der Waals surface area contributed by atoms with E-state index >= 15 is 0 Å². The molecule has 3 aromatic rings. The zero-order valence-corrected chi connectivity index (χ0v) is 13.1. The molecule has 0 fully saturated rings. The van der Waals surface area contributed by atoms with Gasteiger partial charge in [0, 0.05) is 12.6 Å². The summed E-state index contributed by atoms with van der Waals surface area (Å²) >= 11 is 0. The van der Waals surface area contributed by atoms with Crippen molar-refractivity contribution in [3.63, 3.8) is 0 Å². The van der Waals surface area contributed by atoms with Crippen LogP contribution < -0.4 is 10.5 Å². The van der Waals surface area contributed by atoms with Gasteiger partial charge in [-0.2, -0.15) is 0 Å². The number of hydrogen-bond acceptors (Lipinski definition) is 4. The van der Waals surface area contributed by atoms with Crippen LogP contribution in [0.25, 0.3) is 5.69 Å². The van der Waals surface area contributed by atoms with E-state index in [-0.39, 0.29) is 0 Å². The lowest BCUT2D eigenvalue weighted by atomic mass is 10.1. The van der Waals surface area contributed by atoms with E-state index in [2.05, 4.69) is 34.6 Å². The van der Waals surface area contributed by atoms with Crippen molar-refractivity contribution in [2.75, 3.05) is 7.11 Å². The first-order valence-corrected chi connectivity index (χ1v) is 7.63. The lowest BCUT2D eigenvalue weighted by Crippen LogP contribution is -2.08. The highest BCUT2D eigenvalue weighted by molar-refractivity contribution is 5.40. The van der Waals surface area contributed by atoms with E-state index in [1.165, 1.54) is 5.56 Å². The molecule has 0 bridgehead atoms. The first-order chi connectivity index (χ1) is 11.3. The maximum atomic E-state index is 5.83. The quantitative estimate of drug-likeness (QED) is 0.760. The lowest BCUT2D eigenvalue weighted by Gasteiger charge is -2.09. The number of aromatic nitrogens is 3. The molecule has 0 radical (unpaired) electrons. The van der Waals surface area contributed by atoms with Crippen molar-refractivity contribution in [2.24, 2.45) is 5.73 Å². The molecule has 0 aliphatic rings. The molecule has 0 aliphatic heterocycles. The highest BCUT2D eigenvalue weighted by atomic mass is 16.5. The number of nitrogens with two attached hydrogens (primary N) is 1. The van der Waals surface area contributed by atoms with Gasteiger partial charge in [-0.15, -0.1) is 5.10 Å². The first kappa shape index (κ1) is 15.2. The highest BCUT2D eigenvalue weighted by Gasteiger charge is 2.13. The summed E-state index contributed by atoms with van der Waals surface area (Å²) < 4.78 is 7.15. The minimum atomic E-state index is 0.383. The fourth-order valence-corrected chi connectivity index (χ4v) is 2.60. The number of benzene rings is 2. The molecule has 1 heterocycles. The van der Waals surface area contributed by atoms with E-state index in [1.807, 2.05) is 35.0 Å². The van der Waals surface area contributed by atoms with E-state index in [0.29, 0.717) is 6.54 Å². The summed E-state index contributed by atoms with van der Waals surface area (Å²) in [5, 5.41) is 8.50. The maximum Gasteiger partial charge on any atom is 0.121 e. The monoisotopic (exact) mass is 308 g/mol. The third-order valence-corrected chi connectivity index (χ3v) is 3.83. The van der Waals surface area contributed by atoms with E-state index in [4.69, 9.17) is 10.5 Å². The highest BCUT2D eigenvalue weighted by Crippen LogP contribution is 2.19. The Hall–Kier alpha value is -2.66. The predicted octanol–water partition coefficient (Wildman–Crippen LogP) is 2.52. The van der Waals surface area contributed by atoms with Gasteiger partial charge in [-0.1, -0.05) is 41.6 Å². The van der Waals surface area contributed by atoms with Crippen molar-refractivity contribution in [3.05, 3.63) is 71.5 Å². The molecule has 5 heteroatoms. The van der Waals surface area contributed by atoms with Gasteiger partial charge >= 0.3 is 0 Å². The van der Waals surface area contributed by atoms with Crippen LogP contribution >= 0.6 is 0 Å². The van der Waals surface area contributed by atoms with Gasteiger partial charge in [0.05, 0.1) is 24.2 Å². The average Bonchev–Trinajstić information content (AvgIpc) is 3.04. The van der Waals surface area contributed by atoms with Crippen LogP contribution in [-0.4, -0.2) is 22.1 Å². The van der Waals surface area contributed by atoms with Crippen molar-refractivity contribution in [2.45, 2.75) is 19.4 Å². The van der Waals surface area contributed by atoms with Gasteiger partial charge in [0.2, 0.25) is 0 Å². The largest absolute Gasteiger partial charge is 0.497 e. The van der Waals surface area contributed by atoms with Crippen LogP contribution in [0.15, 0.2) is 54.6 Å². The van der Waals surface area contributed by atoms with Gasteiger partial charge in [0.25, 0.3) is 0 Å². The molecule has 0 amide bonds. The summed E-state index contributed by atoms with van der Waals surface area (Å²) in [6.07, 6.45) is 1.76. The Labute approximate surface area is 135 Å². The van der Waals surface area contributed by atoms with Crippen LogP contribution in [0.1, 0.15) is 17.0 Å². The molecule has 5 nitrogen and oxygen atoms in total. The summed E-state index contributed by atoms with van der Waals surface area (Å²) in [6, 6.07) is 18.2. The van der Waals surface area contributed by atoms with Crippen LogP contribution in [0.5, 0.6) is 5.75 Å². The molecule has 0 spiro atoms. The third kappa shape index (κ3) is 3.40. The Morgan fingerprint density at radius 2 is 1.87 bits per heavy atom. The van der Waals surface area contributed by atoms with E-state index in [0.717, 1.165) is 35.7 Å². The molecule has 23 heavy (non-hydrogen) atoms. The summed E-state index contributed by atoms with van der Waals surface area (Å²) in [6.45, 7) is 0.383. The van der Waals surface area contributed by atoms with Crippen molar-refractivity contribution < 1.29 is 4.74 Å². The van der Waals surface area contributed by atoms with Crippen LogP contribution in [0.2, 0.25) is 0 Å². The predicted molar refractivity (Wildman–Crippen MR) is 89.7 cm³/mol. The minimum Gasteiger partial charge on any atom is -0.497 e. The van der Waals surface area contributed by atoms with Gasteiger partial charge in [0.15, 0.2) is 0 Å². The summed E-state index contributed by atoms with van der Waals surface area (Å²) in [7, 11) is 1.65. The molecule has 0 saturated heterocycles. The van der Waals surface area contributed by atoms with Gasteiger partial charge in [-0.05, 0) is 30.5 Å². The second kappa shape index (κ2) is 7.07. The van der Waals surface area contributed by atoms with Crippen LogP contribution in [0.4, 0.5) is 0 Å². The third-order valence-electron chi connectivity index (χ3n) is 3.83. The zero-order valence-electron chi connectivity index (χ0n) is 13.1. The SMILES string of the molecule is COc1cccc(-n2nnc(CN)c2CCc2ccccc2)c1. The van der Waals surface area contributed by atoms with E-state index < -0.39 is 0 Å². The normalized spacial score (nSPS) is 10.7. The Balaban J connectivity index is 1.90. The van der Waals surface area contributed by atoms with Gasteiger partial charge in [-0.3, -0.25) is 0 Å². The number of methoxy groups -OCH3 is 1. The van der Waals surface area contributed by atoms with Crippen molar-refractivity contribution >= 4 is 0 Å². The molecule has 1 aromatic heterocycles. The van der Waals surface area contributed by atoms with Crippen molar-refractivity contribution in [1.82, 2.24) is 15.0 Å². The van der Waals surface area contributed by atoms with Crippen molar-refractivity contribution in [3.8, 4) is 11.4 Å². The summed E-state index contributed by atoms with van der Waals surface area (Å²) in [5.74, 6) is 0.793. The summed E-state index contributed by atoms with van der Waals surface area (Å²) in [4.78, 5) is 0. The lowest BCUT2D eigenvalue weighted by molar-refractivity contribution is 0.414. The Morgan fingerprint density at radius 1 is 1.04 bits per heavy atom. The summed E-state index contributed by atoms with van der Waals surface area (Å²) in [5.41, 5.74) is 9.93. The fourth-order valence-electron chi connectivity index (χ4n) is 2.60. The van der Waals surface area contributed by atoms with E-state index in [1.54, 1.807) is 7.11 Å². The Morgan fingerprint density at radius 3 is 2.61 bits per heavy atom. The molecule has 2 N–H and O–H groups in total. The number of aryl methyl sites for hydroxylation is 1. The number of ether oxygens (including phenoxy) is 1. The number of hydrogen-bond donors (Lipinski definition) is 1. The molecule has 0 unspecified atom stereocenters. The fraction of sp³-hybridized carbons (Fsp3) is 0.222. The second-order valence-corrected chi connectivity index (χ2v) is 5.29. The Kier molecular flexibility index (Phi) is 4.68. The second-order valence-electron chi connectivity index (χ2n) is 5.29. The average molecular weight is 308 g/mol. The molecular weight excluding hydrogens is 288 g/mol. The number of nitrogens with zero attached hydrogens (tertiary/aromatic N) is 3. The maximum absolute atomic E-state index is 5.83. The standard InChI is InChI=1S/C18H20N4O/c1-23-16-9-5-8-15(12-16)22-18(17(13-19)20-21-22)11-10-14-6-3-2-4-7-14/h2-9,12H,10-11,13,19H2,1H3. The molecule has 0 atom stereocenters. The topological polar surface area (TPSA) is 66.0 Å². The molecule has 0 aliphatic carbocycles. The smallest absolute Gasteiger partial charge is 0.121 e. The first-order valence-electron chi connectivity index (χ1n) is 7.63. The van der Waals surface area contributed by atoms with Crippen molar-refractivity contribution in [1.29, 1.82) is 0 Å². The molecule has 2 aromatic carbocycles. The Bertz CT molecular complexity index is 768. The van der Waals surface area contributed by atoms with Gasteiger partial charge in [-0.25, -0.2) is 4.68 Å². The van der Waals surface area contributed by atoms with Crippen LogP contribution in [0.3, 0.4) is 0 Å². The molecule has 118 valence electrons. The van der Waals surface area contributed by atoms with Gasteiger partial charge < -0.3 is 10.5 Å². The van der Waals surface area contributed by atoms with Crippen LogP contribution in [-0.2, 0) is 19.4 Å². The van der Waals surface area contributed by atoms with E-state index in [9.17, 15) is 0 Å². The van der Waals surface area contributed by atoms with Gasteiger partial charge in [0.1, 0.15) is 5.75 Å². The molecule has 3 rings (SSSR count). The zero-order chi connectivity index (χ0) is 16.1.